The molecule has 0 unspecified atom stereocenters. The van der Waals surface area contributed by atoms with Gasteiger partial charge in [-0.05, 0) is 39.3 Å². The predicted molar refractivity (Wildman–Crippen MR) is 67.3 cm³/mol. The second-order valence-electron chi connectivity index (χ2n) is 5.73. The first-order chi connectivity index (χ1) is 7.49. The highest BCUT2D eigenvalue weighted by atomic mass is 16.2. The van der Waals surface area contributed by atoms with Crippen molar-refractivity contribution in [2.24, 2.45) is 11.8 Å². The first-order valence-electron chi connectivity index (χ1n) is 6.44. The monoisotopic (exact) mass is 226 g/mol. The zero-order valence-corrected chi connectivity index (χ0v) is 11.1. The van der Waals surface area contributed by atoms with E-state index in [1.54, 1.807) is 0 Å². The van der Waals surface area contributed by atoms with Crippen LogP contribution in [0.25, 0.3) is 0 Å². The smallest absolute Gasteiger partial charge is 0.223 e. The zero-order chi connectivity index (χ0) is 12.1. The molecule has 3 heteroatoms. The first-order valence-corrected chi connectivity index (χ1v) is 6.44. The van der Waals surface area contributed by atoms with E-state index in [4.69, 9.17) is 0 Å². The number of hydrogen-bond acceptors (Lipinski definition) is 2. The average Bonchev–Trinajstić information content (AvgIpc) is 1.95. The van der Waals surface area contributed by atoms with Crippen LogP contribution >= 0.6 is 0 Å². The van der Waals surface area contributed by atoms with Gasteiger partial charge in [0.1, 0.15) is 0 Å². The molecule has 0 aromatic rings. The third-order valence-corrected chi connectivity index (χ3v) is 3.16. The summed E-state index contributed by atoms with van der Waals surface area (Å²) in [5.74, 6) is 1.21. The summed E-state index contributed by atoms with van der Waals surface area (Å²) in [7, 11) is 4.12. The molecule has 0 heterocycles. The summed E-state index contributed by atoms with van der Waals surface area (Å²) in [6.45, 7) is 5.35. The summed E-state index contributed by atoms with van der Waals surface area (Å²) < 4.78 is 0. The van der Waals surface area contributed by atoms with E-state index < -0.39 is 0 Å². The van der Waals surface area contributed by atoms with E-state index in [0.29, 0.717) is 17.9 Å². The van der Waals surface area contributed by atoms with Crippen molar-refractivity contribution < 1.29 is 4.79 Å². The maximum absolute atomic E-state index is 11.9. The van der Waals surface area contributed by atoms with Gasteiger partial charge in [-0.2, -0.15) is 0 Å². The van der Waals surface area contributed by atoms with Crippen molar-refractivity contribution in [3.8, 4) is 0 Å². The number of nitrogens with zero attached hydrogens (tertiary/aromatic N) is 1. The number of hydrogen-bond donors (Lipinski definition) is 1. The normalized spacial score (nSPS) is 18.6. The van der Waals surface area contributed by atoms with Crippen molar-refractivity contribution >= 4 is 5.91 Å². The van der Waals surface area contributed by atoms with Crippen molar-refractivity contribution in [3.05, 3.63) is 0 Å². The summed E-state index contributed by atoms with van der Waals surface area (Å²) in [6.07, 6.45) is 4.46. The van der Waals surface area contributed by atoms with Crippen molar-refractivity contribution in [1.82, 2.24) is 10.2 Å². The van der Waals surface area contributed by atoms with Crippen LogP contribution in [-0.2, 0) is 4.79 Å². The molecule has 1 atom stereocenters. The van der Waals surface area contributed by atoms with E-state index in [9.17, 15) is 4.79 Å². The highest BCUT2D eigenvalue weighted by Crippen LogP contribution is 2.26. The van der Waals surface area contributed by atoms with Crippen LogP contribution in [0.15, 0.2) is 0 Å². The molecule has 1 N–H and O–H groups in total. The Morgan fingerprint density at radius 3 is 2.38 bits per heavy atom. The predicted octanol–water partition coefficient (Wildman–Crippen LogP) is 1.88. The van der Waals surface area contributed by atoms with E-state index in [-0.39, 0.29) is 5.91 Å². The second-order valence-corrected chi connectivity index (χ2v) is 5.73. The van der Waals surface area contributed by atoms with E-state index in [2.05, 4.69) is 38.2 Å². The lowest BCUT2D eigenvalue weighted by atomic mass is 9.84. The Morgan fingerprint density at radius 2 is 2.00 bits per heavy atom. The number of rotatable bonds is 6. The van der Waals surface area contributed by atoms with E-state index in [0.717, 1.165) is 25.8 Å². The lowest BCUT2D eigenvalue weighted by Crippen LogP contribution is -2.46. The van der Waals surface area contributed by atoms with Gasteiger partial charge in [0.25, 0.3) is 0 Å². The summed E-state index contributed by atoms with van der Waals surface area (Å²) in [5.41, 5.74) is 0. The molecule has 0 aliphatic heterocycles. The van der Waals surface area contributed by atoms with Gasteiger partial charge in [-0.25, -0.2) is 0 Å². The number of amides is 1. The van der Waals surface area contributed by atoms with Crippen LogP contribution in [0.5, 0.6) is 0 Å². The average molecular weight is 226 g/mol. The highest BCUT2D eigenvalue weighted by molar-refractivity contribution is 5.79. The second kappa shape index (κ2) is 6.24. The maximum atomic E-state index is 11.9. The number of likely N-dealkylation sites (N-methyl/N-ethyl adjacent to an activating group) is 1. The van der Waals surface area contributed by atoms with Crippen LogP contribution in [0, 0.1) is 11.8 Å². The molecule has 1 aliphatic carbocycles. The molecular weight excluding hydrogens is 200 g/mol. The first kappa shape index (κ1) is 13.5. The molecule has 16 heavy (non-hydrogen) atoms. The summed E-state index contributed by atoms with van der Waals surface area (Å²) >= 11 is 0. The van der Waals surface area contributed by atoms with Gasteiger partial charge in [0.15, 0.2) is 0 Å². The molecule has 1 rings (SSSR count). The lowest BCUT2D eigenvalue weighted by molar-refractivity contribution is -0.128. The fraction of sp³-hybridized carbons (Fsp3) is 0.923. The van der Waals surface area contributed by atoms with Gasteiger partial charge < -0.3 is 10.2 Å². The van der Waals surface area contributed by atoms with Gasteiger partial charge in [-0.1, -0.05) is 20.3 Å². The fourth-order valence-corrected chi connectivity index (χ4v) is 2.18. The molecule has 0 saturated heterocycles. The summed E-state index contributed by atoms with van der Waals surface area (Å²) in [5, 5.41) is 3.20. The van der Waals surface area contributed by atoms with Gasteiger partial charge in [-0.15, -0.1) is 0 Å². The Morgan fingerprint density at radius 1 is 1.38 bits per heavy atom. The Balaban J connectivity index is 2.38. The minimum atomic E-state index is 0.277. The molecular formula is C13H26N2O. The molecule has 1 aliphatic rings. The maximum Gasteiger partial charge on any atom is 0.223 e. The Bertz CT molecular complexity index is 212. The van der Waals surface area contributed by atoms with Crippen LogP contribution in [0.2, 0.25) is 0 Å². The molecule has 0 spiro atoms. The van der Waals surface area contributed by atoms with Crippen molar-refractivity contribution in [2.45, 2.75) is 45.6 Å². The van der Waals surface area contributed by atoms with Gasteiger partial charge >= 0.3 is 0 Å². The summed E-state index contributed by atoms with van der Waals surface area (Å²) in [6, 6.07) is 0.308. The fourth-order valence-electron chi connectivity index (χ4n) is 2.18. The van der Waals surface area contributed by atoms with E-state index in [1.807, 2.05) is 0 Å². The molecule has 1 amide bonds. The third-order valence-electron chi connectivity index (χ3n) is 3.16. The Labute approximate surface area is 99.6 Å². The van der Waals surface area contributed by atoms with Crippen molar-refractivity contribution in [1.29, 1.82) is 0 Å². The van der Waals surface area contributed by atoms with Crippen molar-refractivity contribution in [2.75, 3.05) is 20.6 Å². The van der Waals surface area contributed by atoms with Crippen LogP contribution in [0.4, 0.5) is 0 Å². The molecule has 1 saturated carbocycles. The van der Waals surface area contributed by atoms with Gasteiger partial charge in [-0.3, -0.25) is 4.79 Å². The SMILES string of the molecule is CC(C)C[C@@H](CN(C)C)NC(=O)C1CCC1. The van der Waals surface area contributed by atoms with Crippen LogP contribution < -0.4 is 5.32 Å². The van der Waals surface area contributed by atoms with Crippen LogP contribution in [0.3, 0.4) is 0 Å². The Hall–Kier alpha value is -0.570. The lowest BCUT2D eigenvalue weighted by Gasteiger charge is -2.29. The standard InChI is InChI=1S/C13H26N2O/c1-10(2)8-12(9-15(3)4)14-13(16)11-6-5-7-11/h10-12H,5-9H2,1-4H3,(H,14,16)/t12-/m0/s1. The number of nitrogens with one attached hydrogen (secondary N) is 1. The molecule has 3 nitrogen and oxygen atoms in total. The highest BCUT2D eigenvalue weighted by Gasteiger charge is 2.27. The quantitative estimate of drug-likeness (QED) is 0.750. The largest absolute Gasteiger partial charge is 0.352 e. The molecule has 0 aromatic heterocycles. The van der Waals surface area contributed by atoms with Gasteiger partial charge in [0.05, 0.1) is 0 Å². The van der Waals surface area contributed by atoms with E-state index >= 15 is 0 Å². The third kappa shape index (κ3) is 4.52. The van der Waals surface area contributed by atoms with E-state index in [1.165, 1.54) is 6.42 Å². The van der Waals surface area contributed by atoms with Crippen LogP contribution in [-0.4, -0.2) is 37.5 Å². The molecule has 1 fully saturated rings. The van der Waals surface area contributed by atoms with Crippen LogP contribution in [0.1, 0.15) is 39.5 Å². The summed E-state index contributed by atoms with van der Waals surface area (Å²) in [4.78, 5) is 14.0. The van der Waals surface area contributed by atoms with Gasteiger partial charge in [0.2, 0.25) is 5.91 Å². The minimum absolute atomic E-state index is 0.277. The molecule has 0 radical (unpaired) electrons. The molecule has 0 aromatic carbocycles. The molecule has 94 valence electrons. The van der Waals surface area contributed by atoms with Gasteiger partial charge in [0, 0.05) is 18.5 Å². The molecule has 0 bridgehead atoms. The number of carbonyl (C=O) groups is 1. The van der Waals surface area contributed by atoms with Crippen molar-refractivity contribution in [3.63, 3.8) is 0 Å². The zero-order valence-electron chi connectivity index (χ0n) is 11.1. The Kier molecular flexibility index (Phi) is 5.26. The number of carbonyl (C=O) groups excluding carboxylic acids is 1. The topological polar surface area (TPSA) is 32.3 Å². The minimum Gasteiger partial charge on any atom is -0.352 e.